The molecule has 86 valence electrons. The van der Waals surface area contributed by atoms with Gasteiger partial charge in [0.1, 0.15) is 6.29 Å². The monoisotopic (exact) mass is 218 g/mol. The normalized spacial score (nSPS) is 25.3. The summed E-state index contributed by atoms with van der Waals surface area (Å²) in [6, 6.07) is 8.20. The first-order valence-corrected chi connectivity index (χ1v) is 5.82. The molecule has 2 atom stereocenters. The Bertz CT molecular complexity index is 357. The van der Waals surface area contributed by atoms with E-state index in [1.807, 2.05) is 18.2 Å². The number of carbonyl (C=O) groups is 1. The molecule has 1 aromatic rings. The van der Waals surface area contributed by atoms with Crippen LogP contribution in [0.1, 0.15) is 34.8 Å². The first-order valence-electron chi connectivity index (χ1n) is 5.82. The standard InChI is InChI=1S/C13H18N2O/c14-7-11-4-5-13(15-8-11)12-3-1-2-10(6-12)9-16/h1-3,6,9,11,13,15H,4-5,7-8,14H2. The summed E-state index contributed by atoms with van der Waals surface area (Å²) in [7, 11) is 0. The van der Waals surface area contributed by atoms with Crippen molar-refractivity contribution in [3.05, 3.63) is 35.4 Å². The maximum Gasteiger partial charge on any atom is 0.150 e. The molecule has 3 heteroatoms. The Morgan fingerprint density at radius 2 is 2.31 bits per heavy atom. The fourth-order valence-corrected chi connectivity index (χ4v) is 2.25. The lowest BCUT2D eigenvalue weighted by Gasteiger charge is -2.29. The van der Waals surface area contributed by atoms with E-state index >= 15 is 0 Å². The number of nitrogens with two attached hydrogens (primary N) is 1. The summed E-state index contributed by atoms with van der Waals surface area (Å²) >= 11 is 0. The van der Waals surface area contributed by atoms with Crippen molar-refractivity contribution in [3.8, 4) is 0 Å². The van der Waals surface area contributed by atoms with Crippen LogP contribution in [0.3, 0.4) is 0 Å². The Hall–Kier alpha value is -1.19. The smallest absolute Gasteiger partial charge is 0.150 e. The summed E-state index contributed by atoms with van der Waals surface area (Å²) in [6.07, 6.45) is 3.17. The summed E-state index contributed by atoms with van der Waals surface area (Å²) in [4.78, 5) is 10.7. The molecule has 0 aliphatic carbocycles. The van der Waals surface area contributed by atoms with E-state index in [1.165, 1.54) is 12.0 Å². The van der Waals surface area contributed by atoms with Crippen LogP contribution in [0.25, 0.3) is 0 Å². The topological polar surface area (TPSA) is 55.1 Å². The van der Waals surface area contributed by atoms with E-state index in [0.29, 0.717) is 12.0 Å². The molecule has 1 aliphatic rings. The fourth-order valence-electron chi connectivity index (χ4n) is 2.25. The van der Waals surface area contributed by atoms with E-state index in [-0.39, 0.29) is 0 Å². The quantitative estimate of drug-likeness (QED) is 0.756. The number of benzene rings is 1. The second-order valence-electron chi connectivity index (χ2n) is 4.43. The van der Waals surface area contributed by atoms with E-state index in [2.05, 4.69) is 11.4 Å². The molecule has 1 aliphatic heterocycles. The highest BCUT2D eigenvalue weighted by Crippen LogP contribution is 2.25. The average molecular weight is 218 g/mol. The number of piperidine rings is 1. The van der Waals surface area contributed by atoms with Gasteiger partial charge in [-0.25, -0.2) is 0 Å². The average Bonchev–Trinajstić information content (AvgIpc) is 2.39. The first-order chi connectivity index (χ1) is 7.83. The van der Waals surface area contributed by atoms with Crippen molar-refractivity contribution in [2.45, 2.75) is 18.9 Å². The molecule has 1 heterocycles. The van der Waals surface area contributed by atoms with Crippen LogP contribution < -0.4 is 11.1 Å². The van der Waals surface area contributed by atoms with E-state index < -0.39 is 0 Å². The van der Waals surface area contributed by atoms with Crippen molar-refractivity contribution >= 4 is 6.29 Å². The Balaban J connectivity index is 2.05. The molecule has 1 fully saturated rings. The van der Waals surface area contributed by atoms with Gasteiger partial charge in [0, 0.05) is 11.6 Å². The third kappa shape index (κ3) is 2.49. The predicted molar refractivity (Wildman–Crippen MR) is 64.4 cm³/mol. The van der Waals surface area contributed by atoms with Crippen LogP contribution in [0, 0.1) is 5.92 Å². The molecule has 0 radical (unpaired) electrons. The first kappa shape index (κ1) is 11.3. The largest absolute Gasteiger partial charge is 0.330 e. The molecule has 3 N–H and O–H groups in total. The van der Waals surface area contributed by atoms with Crippen LogP contribution in [0.5, 0.6) is 0 Å². The lowest BCUT2D eigenvalue weighted by molar-refractivity contribution is 0.112. The third-order valence-corrected chi connectivity index (χ3v) is 3.30. The summed E-state index contributed by atoms with van der Waals surface area (Å²) in [6.45, 7) is 1.74. The summed E-state index contributed by atoms with van der Waals surface area (Å²) in [5, 5.41) is 3.49. The third-order valence-electron chi connectivity index (χ3n) is 3.30. The van der Waals surface area contributed by atoms with E-state index in [9.17, 15) is 4.79 Å². The molecule has 2 unspecified atom stereocenters. The molecule has 2 rings (SSSR count). The van der Waals surface area contributed by atoms with Crippen molar-refractivity contribution in [3.63, 3.8) is 0 Å². The summed E-state index contributed by atoms with van der Waals surface area (Å²) in [5.41, 5.74) is 7.61. The predicted octanol–water partition coefficient (Wildman–Crippen LogP) is 1.50. The fraction of sp³-hybridized carbons (Fsp3) is 0.462. The summed E-state index contributed by atoms with van der Waals surface area (Å²) in [5.74, 6) is 0.602. The molecular weight excluding hydrogens is 200 g/mol. The second kappa shape index (κ2) is 5.23. The van der Waals surface area contributed by atoms with Crippen LogP contribution in [-0.4, -0.2) is 19.4 Å². The van der Waals surface area contributed by atoms with Crippen molar-refractivity contribution < 1.29 is 4.79 Å². The molecule has 1 saturated heterocycles. The Kier molecular flexibility index (Phi) is 3.70. The van der Waals surface area contributed by atoms with Gasteiger partial charge in [0.2, 0.25) is 0 Å². The van der Waals surface area contributed by atoms with Crippen LogP contribution >= 0.6 is 0 Å². The Morgan fingerprint density at radius 1 is 1.44 bits per heavy atom. The molecule has 0 aromatic heterocycles. The van der Waals surface area contributed by atoms with Gasteiger partial charge in [-0.3, -0.25) is 4.79 Å². The number of hydrogen-bond acceptors (Lipinski definition) is 3. The van der Waals surface area contributed by atoms with Gasteiger partial charge in [-0.2, -0.15) is 0 Å². The zero-order valence-electron chi connectivity index (χ0n) is 9.36. The number of carbonyl (C=O) groups excluding carboxylic acids is 1. The van der Waals surface area contributed by atoms with Gasteiger partial charge >= 0.3 is 0 Å². The minimum Gasteiger partial charge on any atom is -0.330 e. The number of rotatable bonds is 3. The Morgan fingerprint density at radius 3 is 2.94 bits per heavy atom. The summed E-state index contributed by atoms with van der Waals surface area (Å²) < 4.78 is 0. The molecule has 0 saturated carbocycles. The van der Waals surface area contributed by atoms with Crippen molar-refractivity contribution in [2.75, 3.05) is 13.1 Å². The van der Waals surface area contributed by atoms with Crippen molar-refractivity contribution in [1.29, 1.82) is 0 Å². The highest BCUT2D eigenvalue weighted by molar-refractivity contribution is 5.75. The maximum atomic E-state index is 10.7. The molecule has 3 nitrogen and oxygen atoms in total. The van der Waals surface area contributed by atoms with E-state index in [1.54, 1.807) is 0 Å². The highest BCUT2D eigenvalue weighted by atomic mass is 16.1. The number of nitrogens with one attached hydrogen (secondary N) is 1. The zero-order valence-corrected chi connectivity index (χ0v) is 9.36. The van der Waals surface area contributed by atoms with Gasteiger partial charge in [-0.1, -0.05) is 18.2 Å². The molecule has 16 heavy (non-hydrogen) atoms. The SMILES string of the molecule is NCC1CCC(c2cccc(C=O)c2)NC1. The lowest BCUT2D eigenvalue weighted by Crippen LogP contribution is -2.36. The lowest BCUT2D eigenvalue weighted by atomic mass is 9.90. The van der Waals surface area contributed by atoms with Crippen molar-refractivity contribution in [1.82, 2.24) is 5.32 Å². The van der Waals surface area contributed by atoms with Gasteiger partial charge < -0.3 is 11.1 Å². The van der Waals surface area contributed by atoms with Gasteiger partial charge in [-0.05, 0) is 43.5 Å². The minimum atomic E-state index is 0.377. The van der Waals surface area contributed by atoms with Crippen LogP contribution in [0.4, 0.5) is 0 Å². The molecule has 0 amide bonds. The zero-order chi connectivity index (χ0) is 11.4. The molecular formula is C13H18N2O. The van der Waals surface area contributed by atoms with Gasteiger partial charge in [0.15, 0.2) is 0 Å². The Labute approximate surface area is 96.0 Å². The molecule has 1 aromatic carbocycles. The number of aldehydes is 1. The van der Waals surface area contributed by atoms with Crippen molar-refractivity contribution in [2.24, 2.45) is 11.7 Å². The highest BCUT2D eigenvalue weighted by Gasteiger charge is 2.20. The van der Waals surface area contributed by atoms with E-state index in [0.717, 1.165) is 31.4 Å². The number of hydrogen-bond donors (Lipinski definition) is 2. The van der Waals surface area contributed by atoms with Gasteiger partial charge in [0.05, 0.1) is 0 Å². The van der Waals surface area contributed by atoms with Gasteiger partial charge in [0.25, 0.3) is 0 Å². The van der Waals surface area contributed by atoms with Crippen LogP contribution in [-0.2, 0) is 0 Å². The second-order valence-corrected chi connectivity index (χ2v) is 4.43. The minimum absolute atomic E-state index is 0.377. The van der Waals surface area contributed by atoms with E-state index in [4.69, 9.17) is 5.73 Å². The van der Waals surface area contributed by atoms with Crippen LogP contribution in [0.15, 0.2) is 24.3 Å². The molecule has 0 spiro atoms. The molecule has 0 bridgehead atoms. The maximum absolute atomic E-state index is 10.7. The van der Waals surface area contributed by atoms with Gasteiger partial charge in [-0.15, -0.1) is 0 Å². The van der Waals surface area contributed by atoms with Crippen LogP contribution in [0.2, 0.25) is 0 Å².